The summed E-state index contributed by atoms with van der Waals surface area (Å²) in [7, 11) is 0. The maximum Gasteiger partial charge on any atom is 0.187 e. The van der Waals surface area contributed by atoms with E-state index < -0.39 is 106 Å². The fourth-order valence-corrected chi connectivity index (χ4v) is 6.19. The van der Waals surface area contributed by atoms with Crippen molar-refractivity contribution in [3.63, 3.8) is 0 Å². The lowest BCUT2D eigenvalue weighted by Gasteiger charge is -2.44. The predicted octanol–water partition coefficient (Wildman–Crippen LogP) is -2.26. The molecule has 3 saturated heterocycles. The third-order valence-corrected chi connectivity index (χ3v) is 9.62. The number of carbonyl (C=O) groups is 1. The average molecular weight is 741 g/mol. The second-order valence-corrected chi connectivity index (χ2v) is 13.6. The zero-order chi connectivity index (χ0) is 37.6. The molecule has 0 amide bonds. The van der Waals surface area contributed by atoms with Crippen molar-refractivity contribution in [3.05, 3.63) is 59.7 Å². The van der Waals surface area contributed by atoms with Crippen LogP contribution in [-0.2, 0) is 46.1 Å². The Labute approximate surface area is 299 Å². The highest BCUT2D eigenvalue weighted by atomic mass is 16.8. The van der Waals surface area contributed by atoms with E-state index in [1.54, 1.807) is 24.3 Å². The Balaban J connectivity index is 1.34. The fourth-order valence-electron chi connectivity index (χ4n) is 6.19. The van der Waals surface area contributed by atoms with Crippen LogP contribution in [0.4, 0.5) is 0 Å². The highest BCUT2D eigenvalue weighted by molar-refractivity contribution is 5.79. The van der Waals surface area contributed by atoms with Crippen molar-refractivity contribution in [1.29, 1.82) is 0 Å². The van der Waals surface area contributed by atoms with Crippen LogP contribution < -0.4 is 0 Å². The van der Waals surface area contributed by atoms with Crippen molar-refractivity contribution in [3.8, 4) is 11.5 Å². The molecular formula is C35H48O17. The average Bonchev–Trinajstić information content (AvgIpc) is 3.59. The Morgan fingerprint density at radius 3 is 1.87 bits per heavy atom. The van der Waals surface area contributed by atoms with Gasteiger partial charge in [-0.05, 0) is 54.7 Å². The van der Waals surface area contributed by atoms with Crippen LogP contribution in [0.15, 0.2) is 48.5 Å². The van der Waals surface area contributed by atoms with E-state index in [9.17, 15) is 55.9 Å². The number of aliphatic hydroxyl groups is 8. The van der Waals surface area contributed by atoms with Gasteiger partial charge in [0.25, 0.3) is 0 Å². The van der Waals surface area contributed by atoms with E-state index in [0.29, 0.717) is 12.8 Å². The molecule has 0 bridgehead atoms. The molecule has 3 heterocycles. The molecule has 2 aromatic rings. The summed E-state index contributed by atoms with van der Waals surface area (Å²) in [6.07, 6.45) is -14.4. The van der Waals surface area contributed by atoms with Gasteiger partial charge in [0.2, 0.25) is 0 Å². The van der Waals surface area contributed by atoms with Crippen molar-refractivity contribution in [2.75, 3.05) is 33.0 Å². The molecule has 0 aromatic heterocycles. The minimum absolute atomic E-state index is 0.0679. The molecule has 290 valence electrons. The summed E-state index contributed by atoms with van der Waals surface area (Å²) in [5, 5.41) is 103. The van der Waals surface area contributed by atoms with Crippen LogP contribution in [0.5, 0.6) is 11.5 Å². The normalized spacial score (nSPS) is 35.5. The number of rotatable bonds is 17. The lowest BCUT2D eigenvalue weighted by atomic mass is 9.97. The molecule has 0 spiro atoms. The molecule has 3 fully saturated rings. The summed E-state index contributed by atoms with van der Waals surface area (Å²) >= 11 is 0. The van der Waals surface area contributed by atoms with Crippen LogP contribution in [0.1, 0.15) is 30.4 Å². The molecule has 52 heavy (non-hydrogen) atoms. The molecule has 0 aliphatic carbocycles. The number of phenols is 2. The van der Waals surface area contributed by atoms with Crippen molar-refractivity contribution >= 4 is 5.78 Å². The quantitative estimate of drug-likeness (QED) is 0.0819. The van der Waals surface area contributed by atoms with Crippen molar-refractivity contribution < 1.29 is 84.3 Å². The molecule has 10 N–H and O–H groups in total. The summed E-state index contributed by atoms with van der Waals surface area (Å²) in [5.74, 6) is -0.0321. The molecule has 12 atom stereocenters. The summed E-state index contributed by atoms with van der Waals surface area (Å²) in [5.41, 5.74) is -2.43. The van der Waals surface area contributed by atoms with E-state index in [2.05, 4.69) is 0 Å². The lowest BCUT2D eigenvalue weighted by molar-refractivity contribution is -0.347. The van der Waals surface area contributed by atoms with Crippen LogP contribution >= 0.6 is 0 Å². The van der Waals surface area contributed by atoms with Crippen LogP contribution in [0.3, 0.4) is 0 Å². The number of aromatic hydroxyl groups is 2. The highest BCUT2D eigenvalue weighted by Gasteiger charge is 2.54. The van der Waals surface area contributed by atoms with Gasteiger partial charge in [-0.1, -0.05) is 24.3 Å². The molecular weight excluding hydrogens is 692 g/mol. The Morgan fingerprint density at radius 1 is 0.769 bits per heavy atom. The molecule has 3 aliphatic rings. The maximum absolute atomic E-state index is 13.3. The van der Waals surface area contributed by atoms with Gasteiger partial charge in [0, 0.05) is 12.8 Å². The SMILES string of the molecule is O=C(CCc1ccc(O)cc1)C[C@@H](CCc1ccc(O)cc1)O[C@@H]1O[C@H](CO[C@@H]2OC[C@](O)(CO)[C@H]2O)[C@@H](O)[C@H](O)[C@H]1O[C@H]1OC[C@@](O)(CO)[C@@H]1O. The number of benzene rings is 2. The molecule has 0 unspecified atom stereocenters. The van der Waals surface area contributed by atoms with Gasteiger partial charge in [-0.3, -0.25) is 4.79 Å². The minimum Gasteiger partial charge on any atom is -0.508 e. The van der Waals surface area contributed by atoms with Crippen molar-refractivity contribution in [2.24, 2.45) is 0 Å². The summed E-state index contributed by atoms with van der Waals surface area (Å²) in [6.45, 7) is -3.17. The Kier molecular flexibility index (Phi) is 13.6. The Hall–Kier alpha value is -2.85. The zero-order valence-electron chi connectivity index (χ0n) is 28.3. The first-order valence-electron chi connectivity index (χ1n) is 17.0. The minimum atomic E-state index is -2.08. The first-order chi connectivity index (χ1) is 24.7. The second kappa shape index (κ2) is 17.5. The number of phenolic OH excluding ortho intramolecular Hbond substituents is 2. The second-order valence-electron chi connectivity index (χ2n) is 13.6. The van der Waals surface area contributed by atoms with Gasteiger partial charge < -0.3 is 79.5 Å². The number of hydrogen-bond acceptors (Lipinski definition) is 17. The third kappa shape index (κ3) is 9.62. The summed E-state index contributed by atoms with van der Waals surface area (Å²) in [6, 6.07) is 12.9. The first-order valence-corrected chi connectivity index (χ1v) is 17.0. The first kappa shape index (κ1) is 40.3. The Bertz CT molecular complexity index is 1430. The highest BCUT2D eigenvalue weighted by Crippen LogP contribution is 2.33. The van der Waals surface area contributed by atoms with E-state index in [1.165, 1.54) is 24.3 Å². The van der Waals surface area contributed by atoms with E-state index in [-0.39, 0.29) is 36.5 Å². The smallest absolute Gasteiger partial charge is 0.187 e. The molecule has 0 radical (unpaired) electrons. The number of hydrogen-bond donors (Lipinski definition) is 10. The number of carbonyl (C=O) groups excluding carboxylic acids is 1. The Morgan fingerprint density at radius 2 is 1.31 bits per heavy atom. The van der Waals surface area contributed by atoms with E-state index in [1.807, 2.05) is 0 Å². The molecule has 5 rings (SSSR count). The van der Waals surface area contributed by atoms with Gasteiger partial charge >= 0.3 is 0 Å². The number of ketones is 1. The van der Waals surface area contributed by atoms with Crippen LogP contribution in [0.25, 0.3) is 0 Å². The van der Waals surface area contributed by atoms with E-state index >= 15 is 0 Å². The van der Waals surface area contributed by atoms with Crippen molar-refractivity contribution in [2.45, 2.75) is 105 Å². The molecule has 17 heteroatoms. The monoisotopic (exact) mass is 740 g/mol. The van der Waals surface area contributed by atoms with Gasteiger partial charge in [0.05, 0.1) is 39.1 Å². The number of aliphatic hydroxyl groups excluding tert-OH is 6. The van der Waals surface area contributed by atoms with Gasteiger partial charge in [0.1, 0.15) is 65.1 Å². The molecule has 0 saturated carbocycles. The third-order valence-electron chi connectivity index (χ3n) is 9.62. The van der Waals surface area contributed by atoms with E-state index in [4.69, 9.17) is 28.4 Å². The summed E-state index contributed by atoms with van der Waals surface area (Å²) < 4.78 is 34.4. The number of aryl methyl sites for hydroxylation is 2. The molecule has 3 aliphatic heterocycles. The van der Waals surface area contributed by atoms with Gasteiger partial charge in [0.15, 0.2) is 18.9 Å². The van der Waals surface area contributed by atoms with Gasteiger partial charge in [-0.25, -0.2) is 0 Å². The fraction of sp³-hybridized carbons (Fsp3) is 0.629. The maximum atomic E-state index is 13.3. The topological polar surface area (TPSA) is 275 Å². The van der Waals surface area contributed by atoms with Crippen LogP contribution in [0.2, 0.25) is 0 Å². The van der Waals surface area contributed by atoms with E-state index in [0.717, 1.165) is 11.1 Å². The molecule has 2 aromatic carbocycles. The number of ether oxygens (including phenoxy) is 6. The largest absolute Gasteiger partial charge is 0.508 e. The lowest BCUT2D eigenvalue weighted by Crippen LogP contribution is -2.62. The van der Waals surface area contributed by atoms with Gasteiger partial charge in [-0.15, -0.1) is 0 Å². The molecule has 17 nitrogen and oxygen atoms in total. The number of Topliss-reactive ketones (excluding diaryl/α,β-unsaturated/α-hetero) is 1. The zero-order valence-corrected chi connectivity index (χ0v) is 28.3. The standard InChI is InChI=1S/C35H48O17/c36-15-34(45)17-48-32(29(34)43)47-14-25-26(41)27(42)28(52-33-30(44)35(46,16-37)18-49-33)31(51-25)50-24(12-6-20-3-9-22(39)10-4-20)13-23(40)11-5-19-1-7-21(38)8-2-19/h1-4,7-10,24-33,36-39,41-46H,5-6,11-18H2/t24-,25-,26-,27+,28-,29+,30-,31-,32-,33-,34-,35+/m1/s1. The predicted molar refractivity (Wildman–Crippen MR) is 174 cm³/mol. The van der Waals surface area contributed by atoms with Crippen LogP contribution in [-0.4, -0.2) is 163 Å². The van der Waals surface area contributed by atoms with Gasteiger partial charge in [-0.2, -0.15) is 0 Å². The van der Waals surface area contributed by atoms with Crippen molar-refractivity contribution in [1.82, 2.24) is 0 Å². The summed E-state index contributed by atoms with van der Waals surface area (Å²) in [4.78, 5) is 13.3. The van der Waals surface area contributed by atoms with Crippen LogP contribution in [0, 0.1) is 0 Å².